The molecular weight excluding hydrogens is 1630 g/mol. The van der Waals surface area contributed by atoms with Crippen molar-refractivity contribution in [3.8, 4) is 0 Å². The fourth-order valence-corrected chi connectivity index (χ4v) is 15.8. The van der Waals surface area contributed by atoms with Crippen molar-refractivity contribution in [1.82, 2.24) is 79.8 Å². The first-order valence-corrected chi connectivity index (χ1v) is 39.8. The molecule has 29 nitrogen and oxygen atoms in total. The Balaban J connectivity index is 0.000000127. The Hall–Kier alpha value is -13.2. The number of nitrogen functional groups attached to an aromatic ring is 4. The highest BCUT2D eigenvalue weighted by atomic mass is 19.2. The zero-order valence-electron chi connectivity index (χ0n) is 66.3. The van der Waals surface area contributed by atoms with Crippen LogP contribution in [0.4, 0.5) is 99.2 Å². The maximum absolute atomic E-state index is 14.4. The molecule has 0 radical (unpaired) electrons. The molecule has 12 aromatic rings. The summed E-state index contributed by atoms with van der Waals surface area (Å²) in [6.45, 7) is 6.43. The fourth-order valence-electron chi connectivity index (χ4n) is 15.8. The minimum atomic E-state index is -1.26. The van der Waals surface area contributed by atoms with Crippen molar-refractivity contribution < 1.29 is 76.7 Å². The lowest BCUT2D eigenvalue weighted by atomic mass is 10.0. The molecule has 4 amide bonds. The first kappa shape index (κ1) is 84.8. The maximum atomic E-state index is 14.4. The van der Waals surface area contributed by atoms with Gasteiger partial charge in [-0.1, -0.05) is 20.8 Å². The van der Waals surface area contributed by atoms with Crippen molar-refractivity contribution in [2.45, 2.75) is 152 Å². The number of aromatic nitrogens is 12. The molecule has 6 aliphatic rings. The number of halogens is 12. The van der Waals surface area contributed by atoms with E-state index in [4.69, 9.17) is 27.8 Å². The predicted molar refractivity (Wildman–Crippen MR) is 430 cm³/mol. The van der Waals surface area contributed by atoms with Gasteiger partial charge in [0.05, 0.1) is 57.0 Å². The second-order valence-corrected chi connectivity index (χ2v) is 30.8. The van der Waals surface area contributed by atoms with Crippen molar-refractivity contribution in [1.29, 1.82) is 0 Å². The third-order valence-electron chi connectivity index (χ3n) is 22.2. The van der Waals surface area contributed by atoms with Crippen LogP contribution in [0.25, 0.3) is 22.6 Å². The van der Waals surface area contributed by atoms with E-state index in [1.165, 1.54) is 24.3 Å². The van der Waals surface area contributed by atoms with Crippen LogP contribution in [0.1, 0.15) is 179 Å². The normalized spacial score (nSPS) is 20.2. The molecule has 8 aromatic heterocycles. The fraction of sp³-hybridized carbons (Fsp3) is 0.366. The largest absolute Gasteiger partial charge is 0.381 e. The zero-order valence-corrected chi connectivity index (χ0v) is 66.3. The molecule has 0 spiro atoms. The van der Waals surface area contributed by atoms with E-state index in [2.05, 4.69) is 61.8 Å². The lowest BCUT2D eigenvalue weighted by Gasteiger charge is -2.26. The molecule has 123 heavy (non-hydrogen) atoms. The Kier molecular flexibility index (Phi) is 24.2. The van der Waals surface area contributed by atoms with E-state index in [0.717, 1.165) is 111 Å². The Labute approximate surface area is 693 Å². The van der Waals surface area contributed by atoms with Gasteiger partial charge in [-0.25, -0.2) is 96.2 Å². The molecule has 2 saturated carbocycles. The summed E-state index contributed by atoms with van der Waals surface area (Å²) in [6, 6.07) is 16.0. The van der Waals surface area contributed by atoms with E-state index >= 15 is 0 Å². The standard InChI is InChI=1S/C22H23F3N6O.C20H21F3N6O2.C20H19F3N6O.C20H21F3N6O/c1-2-22(6-7-22)28-21(32)18-19(26)29-31-8-5-17(27-20(18)31)30-11-13(24)10-16(30)14-9-12(23)3-4-15(14)25;1-2-7-31-27-20(30)17-18(24)26-29-6-5-16(25-19(17)29)28-10-12(22)9-15(28)13-8-11(21)3-4-14(13)23;21-10-1-4-14(23)13(7-10)15-8-11(22)9-28(15)16-5-6-29-19(26-16)17(18(24)27-29)20(30)25-12-2-3-12;1-2-6-25-20(30)17-18(24)27-29-7-5-16(26-19(17)29)28-10-12(22)9-15(28)13-8-11(21)3-4-14(13)23/h3-5,8-9,13,16H,2,6-7,10-11H2,1H3,(H2,26,29)(H,28,32);3-6,8,12,15H,2,7,9-10H2,1H3,(H2,24,26)(H,27,30);1,4-7,11-12,15H,2-3,8-9H2,(H2,24,27)(H,25,30);3-5,7-8,12,15H,2,6,9-10H2,1H3,(H2,24,27)(H,25,30)/t13-,16+;12-,15+;11-,15+;12-,15+/m0000/s1. The number of nitrogens with zero attached hydrogens (tertiary/aromatic N) is 16. The van der Waals surface area contributed by atoms with Crippen molar-refractivity contribution in [3.05, 3.63) is 213 Å². The minimum absolute atomic E-state index is 0.000989. The number of benzene rings is 4. The van der Waals surface area contributed by atoms with Gasteiger partial charge in [0.25, 0.3) is 23.6 Å². The summed E-state index contributed by atoms with van der Waals surface area (Å²) in [5.41, 5.74) is 27.3. The summed E-state index contributed by atoms with van der Waals surface area (Å²) in [4.78, 5) is 79.8. The van der Waals surface area contributed by atoms with Crippen molar-refractivity contribution in [3.63, 3.8) is 0 Å². The van der Waals surface area contributed by atoms with E-state index in [-0.39, 0.29) is 171 Å². The number of fused-ring (bicyclic) bond motifs is 4. The van der Waals surface area contributed by atoms with Gasteiger partial charge >= 0.3 is 0 Å². The lowest BCUT2D eigenvalue weighted by Crippen LogP contribution is -2.36. The Morgan fingerprint density at radius 1 is 0.423 bits per heavy atom. The number of nitrogens with one attached hydrogen (secondary N) is 4. The van der Waals surface area contributed by atoms with Gasteiger partial charge < -0.3 is 58.5 Å². The van der Waals surface area contributed by atoms with Crippen LogP contribution in [0.5, 0.6) is 0 Å². The number of alkyl halides is 4. The van der Waals surface area contributed by atoms with Crippen LogP contribution in [0.15, 0.2) is 122 Å². The van der Waals surface area contributed by atoms with Gasteiger partial charge in [0.2, 0.25) is 0 Å². The van der Waals surface area contributed by atoms with Crippen LogP contribution < -0.4 is 64.0 Å². The number of amides is 4. The third kappa shape index (κ3) is 17.8. The van der Waals surface area contributed by atoms with Gasteiger partial charge in [-0.2, -0.15) is 0 Å². The number of hydroxylamine groups is 1. The van der Waals surface area contributed by atoms with Gasteiger partial charge in [0.1, 0.15) is 117 Å². The Bertz CT molecular complexity index is 6010. The van der Waals surface area contributed by atoms with E-state index in [0.29, 0.717) is 37.0 Å². The Morgan fingerprint density at radius 2 is 0.732 bits per heavy atom. The topological polar surface area (TPSA) is 363 Å². The first-order chi connectivity index (χ1) is 59.0. The molecule has 12 heterocycles. The van der Waals surface area contributed by atoms with Gasteiger partial charge in [0.15, 0.2) is 45.9 Å². The van der Waals surface area contributed by atoms with E-state index in [1.54, 1.807) is 62.5 Å². The van der Waals surface area contributed by atoms with E-state index in [1.807, 2.05) is 20.8 Å². The molecule has 0 unspecified atom stereocenters. The molecule has 2 aliphatic carbocycles. The van der Waals surface area contributed by atoms with Crippen molar-refractivity contribution >= 4 is 92.8 Å². The van der Waals surface area contributed by atoms with Crippen LogP contribution in [-0.4, -0.2) is 158 Å². The zero-order chi connectivity index (χ0) is 87.1. The number of hydrogen-bond donors (Lipinski definition) is 8. The summed E-state index contributed by atoms with van der Waals surface area (Å²) in [5.74, 6) is -5.34. The van der Waals surface area contributed by atoms with Gasteiger partial charge in [-0.15, -0.1) is 20.4 Å². The highest BCUT2D eigenvalue weighted by Crippen LogP contribution is 2.45. The van der Waals surface area contributed by atoms with Crippen LogP contribution in [-0.2, 0) is 4.84 Å². The van der Waals surface area contributed by atoms with Crippen LogP contribution in [0.2, 0.25) is 0 Å². The molecule has 41 heteroatoms. The summed E-state index contributed by atoms with van der Waals surface area (Å²) in [5, 5.41) is 25.1. The molecule has 12 N–H and O–H groups in total. The number of carbonyl (C=O) groups is 4. The third-order valence-corrected chi connectivity index (χ3v) is 22.2. The summed E-state index contributed by atoms with van der Waals surface area (Å²) < 4.78 is 175. The van der Waals surface area contributed by atoms with Crippen LogP contribution in [0, 0.1) is 46.5 Å². The lowest BCUT2D eigenvalue weighted by molar-refractivity contribution is 0.0317. The number of carbonyl (C=O) groups excluding carboxylic acids is 4. The number of hydrogen-bond acceptors (Lipinski definition) is 21. The van der Waals surface area contributed by atoms with E-state index in [9.17, 15) is 71.9 Å². The Morgan fingerprint density at radius 3 is 1.02 bits per heavy atom. The second-order valence-electron chi connectivity index (χ2n) is 30.8. The molecule has 8 atom stereocenters. The molecule has 0 bridgehead atoms. The molecule has 646 valence electrons. The molecule has 4 aliphatic heterocycles. The molecule has 6 fully saturated rings. The SMILES string of the molecule is CCC1(NC(=O)c2c(N)nn3ccc(N4C[C@@H](F)C[C@@H]4c4cc(F)ccc4F)nc23)CC1.CCCNC(=O)c1c(N)nn2ccc(N3C[C@@H](F)C[C@@H]3c3cc(F)ccc3F)nc12.CCCONC(=O)c1c(N)nn2ccc(N3C[C@@H](F)C[C@@H]3c3cc(F)ccc3F)nc12.Nc1nn2ccc(N3C[C@@H](F)C[C@@H]3c3cc(F)ccc3F)nc2c1C(=O)NC1CC1. The van der Waals surface area contributed by atoms with Crippen LogP contribution >= 0.6 is 0 Å². The van der Waals surface area contributed by atoms with E-state index < -0.39 is 107 Å². The molecule has 4 aromatic carbocycles. The average molecular weight is 1710 g/mol. The van der Waals surface area contributed by atoms with Crippen molar-refractivity contribution in [2.75, 3.05) is 81.9 Å². The van der Waals surface area contributed by atoms with Gasteiger partial charge in [0, 0.05) is 90.8 Å². The average Bonchev–Trinajstić information content (AvgIpc) is 1.62. The smallest absolute Gasteiger partial charge is 0.282 e. The minimum Gasteiger partial charge on any atom is -0.381 e. The predicted octanol–water partition coefficient (Wildman–Crippen LogP) is 12.3. The van der Waals surface area contributed by atoms with Gasteiger partial charge in [-0.3, -0.25) is 24.0 Å². The number of rotatable bonds is 20. The molecular formula is C82H84F12N24O5. The molecule has 18 rings (SSSR count). The summed E-state index contributed by atoms with van der Waals surface area (Å²) in [6.07, 6.45) is 7.10. The number of anilines is 8. The highest BCUT2D eigenvalue weighted by Gasteiger charge is 2.45. The first-order valence-electron chi connectivity index (χ1n) is 39.8. The van der Waals surface area contributed by atoms with Crippen LogP contribution in [0.3, 0.4) is 0 Å². The van der Waals surface area contributed by atoms with Gasteiger partial charge in [-0.05, 0) is 142 Å². The molecule has 4 saturated heterocycles. The van der Waals surface area contributed by atoms with Crippen molar-refractivity contribution in [2.24, 2.45) is 0 Å². The number of nitrogens with two attached hydrogens (primary N) is 4. The quantitative estimate of drug-likeness (QED) is 0.0200. The highest BCUT2D eigenvalue weighted by molar-refractivity contribution is 6.06. The summed E-state index contributed by atoms with van der Waals surface area (Å²) >= 11 is 0. The summed E-state index contributed by atoms with van der Waals surface area (Å²) in [7, 11) is 0. The maximum Gasteiger partial charge on any atom is 0.282 e. The second kappa shape index (κ2) is 35.1. The monoisotopic (exact) mass is 1710 g/mol.